The van der Waals surface area contributed by atoms with Gasteiger partial charge in [0.2, 0.25) is 10.0 Å². The van der Waals surface area contributed by atoms with Gasteiger partial charge in [-0.05, 0) is 38.5 Å². The quantitative estimate of drug-likeness (QED) is 0.843. The summed E-state index contributed by atoms with van der Waals surface area (Å²) in [6, 6.07) is 4.47. The lowest BCUT2D eigenvalue weighted by Gasteiger charge is -2.11. The first-order chi connectivity index (χ1) is 10.7. The minimum Gasteiger partial charge on any atom is -0.466 e. The second-order valence-electron chi connectivity index (χ2n) is 5.12. The number of aliphatic hydroxyl groups is 1. The fraction of sp³-hybridized carbons (Fsp3) is 0.333. The van der Waals surface area contributed by atoms with Crippen molar-refractivity contribution < 1.29 is 26.7 Å². The standard InChI is InChI=1S/C15H17F2NO4S/c1-9-8-11(10(2)22-9)14(19)6-7-18-23(20,21)15-12(16)4-3-5-13(15)17/h3-5,8,14,18-19H,6-7H2,1-2H3/t14-/m1/s1. The Bertz CT molecular complexity index is 782. The van der Waals surface area contributed by atoms with Gasteiger partial charge in [-0.15, -0.1) is 0 Å². The number of nitrogens with one attached hydrogen (secondary N) is 1. The number of rotatable bonds is 6. The summed E-state index contributed by atoms with van der Waals surface area (Å²) >= 11 is 0. The summed E-state index contributed by atoms with van der Waals surface area (Å²) in [6.07, 6.45) is -0.907. The lowest BCUT2D eigenvalue weighted by molar-refractivity contribution is 0.167. The third-order valence-corrected chi connectivity index (χ3v) is 4.85. The van der Waals surface area contributed by atoms with Gasteiger partial charge in [0.25, 0.3) is 0 Å². The van der Waals surface area contributed by atoms with Crippen LogP contribution in [0.4, 0.5) is 8.78 Å². The number of aliphatic hydroxyl groups excluding tert-OH is 1. The third-order valence-electron chi connectivity index (χ3n) is 3.34. The molecule has 8 heteroatoms. The zero-order chi connectivity index (χ0) is 17.2. The van der Waals surface area contributed by atoms with Crippen LogP contribution >= 0.6 is 0 Å². The lowest BCUT2D eigenvalue weighted by atomic mass is 10.1. The molecule has 1 aromatic carbocycles. The summed E-state index contributed by atoms with van der Waals surface area (Å²) in [5.41, 5.74) is 0.554. The molecule has 0 saturated carbocycles. The second-order valence-corrected chi connectivity index (χ2v) is 6.83. The van der Waals surface area contributed by atoms with E-state index in [1.807, 2.05) is 0 Å². The molecule has 2 aromatic rings. The number of aryl methyl sites for hydroxylation is 2. The van der Waals surface area contributed by atoms with Crippen molar-refractivity contribution in [1.82, 2.24) is 4.72 Å². The molecule has 1 aromatic heterocycles. The maximum Gasteiger partial charge on any atom is 0.246 e. The van der Waals surface area contributed by atoms with Gasteiger partial charge in [0.1, 0.15) is 23.2 Å². The number of sulfonamides is 1. The zero-order valence-electron chi connectivity index (χ0n) is 12.6. The molecule has 0 fully saturated rings. The molecule has 0 unspecified atom stereocenters. The maximum absolute atomic E-state index is 13.5. The SMILES string of the molecule is Cc1cc([C@H](O)CCNS(=O)(=O)c2c(F)cccc2F)c(C)o1. The molecule has 2 N–H and O–H groups in total. The smallest absolute Gasteiger partial charge is 0.246 e. The normalized spacial score (nSPS) is 13.3. The summed E-state index contributed by atoms with van der Waals surface area (Å²) in [7, 11) is -4.34. The minimum absolute atomic E-state index is 0.0368. The summed E-state index contributed by atoms with van der Waals surface area (Å²) in [6.45, 7) is 3.23. The van der Waals surface area contributed by atoms with E-state index in [1.54, 1.807) is 19.9 Å². The van der Waals surface area contributed by atoms with E-state index in [-0.39, 0.29) is 13.0 Å². The highest BCUT2D eigenvalue weighted by molar-refractivity contribution is 7.89. The first kappa shape index (κ1) is 17.6. The molecule has 23 heavy (non-hydrogen) atoms. The van der Waals surface area contributed by atoms with E-state index in [2.05, 4.69) is 4.72 Å². The molecule has 0 amide bonds. The summed E-state index contributed by atoms with van der Waals surface area (Å²) in [5, 5.41) is 10.0. The molecule has 0 aliphatic carbocycles. The predicted octanol–water partition coefficient (Wildman–Crippen LogP) is 2.58. The van der Waals surface area contributed by atoms with E-state index in [0.29, 0.717) is 17.1 Å². The number of hydrogen-bond acceptors (Lipinski definition) is 4. The van der Waals surface area contributed by atoms with Crippen LogP contribution in [0.25, 0.3) is 0 Å². The Kier molecular flexibility index (Phi) is 5.18. The number of hydrogen-bond donors (Lipinski definition) is 2. The number of furan rings is 1. The average molecular weight is 345 g/mol. The maximum atomic E-state index is 13.5. The Morgan fingerprint density at radius 1 is 1.26 bits per heavy atom. The molecule has 0 aliphatic heterocycles. The van der Waals surface area contributed by atoms with Gasteiger partial charge in [-0.25, -0.2) is 21.9 Å². The van der Waals surface area contributed by atoms with Crippen LogP contribution in [0.15, 0.2) is 33.6 Å². The predicted molar refractivity (Wildman–Crippen MR) is 79.3 cm³/mol. The third kappa shape index (κ3) is 3.95. The largest absolute Gasteiger partial charge is 0.466 e. The van der Waals surface area contributed by atoms with Crippen LogP contribution in [0.2, 0.25) is 0 Å². The molecule has 0 spiro atoms. The molecular formula is C15H17F2NO4S. The molecule has 0 bridgehead atoms. The van der Waals surface area contributed by atoms with E-state index in [0.717, 1.165) is 18.2 Å². The van der Waals surface area contributed by atoms with Crippen LogP contribution in [0.3, 0.4) is 0 Å². The van der Waals surface area contributed by atoms with Crippen molar-refractivity contribution in [2.24, 2.45) is 0 Å². The van der Waals surface area contributed by atoms with Gasteiger partial charge in [0, 0.05) is 12.1 Å². The van der Waals surface area contributed by atoms with Gasteiger partial charge >= 0.3 is 0 Å². The van der Waals surface area contributed by atoms with Crippen LogP contribution in [0.1, 0.15) is 29.6 Å². The highest BCUT2D eigenvalue weighted by Gasteiger charge is 2.24. The fourth-order valence-corrected chi connectivity index (χ4v) is 3.46. The van der Waals surface area contributed by atoms with Gasteiger partial charge in [-0.2, -0.15) is 0 Å². The highest BCUT2D eigenvalue weighted by atomic mass is 32.2. The molecule has 0 aliphatic rings. The molecule has 126 valence electrons. The number of halogens is 2. The van der Waals surface area contributed by atoms with Crippen LogP contribution in [0.5, 0.6) is 0 Å². The van der Waals surface area contributed by atoms with Crippen LogP contribution in [-0.2, 0) is 10.0 Å². The molecule has 5 nitrogen and oxygen atoms in total. The van der Waals surface area contributed by atoms with Crippen LogP contribution in [-0.4, -0.2) is 20.1 Å². The van der Waals surface area contributed by atoms with E-state index in [4.69, 9.17) is 4.42 Å². The summed E-state index contributed by atoms with van der Waals surface area (Å²) in [5.74, 6) is -1.16. The van der Waals surface area contributed by atoms with Crippen LogP contribution < -0.4 is 4.72 Å². The van der Waals surface area contributed by atoms with Crippen molar-refractivity contribution in [2.45, 2.75) is 31.3 Å². The van der Waals surface area contributed by atoms with Gasteiger partial charge < -0.3 is 9.52 Å². The Hall–Kier alpha value is -1.77. The molecule has 0 radical (unpaired) electrons. The monoisotopic (exact) mass is 345 g/mol. The van der Waals surface area contributed by atoms with E-state index in [9.17, 15) is 22.3 Å². The average Bonchev–Trinajstić information content (AvgIpc) is 2.77. The topological polar surface area (TPSA) is 79.5 Å². The second kappa shape index (κ2) is 6.77. The van der Waals surface area contributed by atoms with E-state index < -0.39 is 32.7 Å². The van der Waals surface area contributed by atoms with Crippen molar-refractivity contribution in [3.05, 3.63) is 53.0 Å². The zero-order valence-corrected chi connectivity index (χ0v) is 13.5. The van der Waals surface area contributed by atoms with Gasteiger partial charge in [-0.3, -0.25) is 0 Å². The number of benzene rings is 1. The first-order valence-electron chi connectivity index (χ1n) is 6.91. The van der Waals surface area contributed by atoms with E-state index in [1.165, 1.54) is 0 Å². The van der Waals surface area contributed by atoms with Crippen molar-refractivity contribution in [3.8, 4) is 0 Å². The Balaban J connectivity index is 2.04. The van der Waals surface area contributed by atoms with Crippen molar-refractivity contribution in [1.29, 1.82) is 0 Å². The van der Waals surface area contributed by atoms with Crippen molar-refractivity contribution in [3.63, 3.8) is 0 Å². The minimum atomic E-state index is -4.34. The molecule has 1 heterocycles. The Morgan fingerprint density at radius 3 is 2.39 bits per heavy atom. The van der Waals surface area contributed by atoms with Gasteiger partial charge in [-0.1, -0.05) is 6.07 Å². The molecule has 1 atom stereocenters. The molecule has 0 saturated heterocycles. The summed E-state index contributed by atoms with van der Waals surface area (Å²) < 4.78 is 58.4. The van der Waals surface area contributed by atoms with Crippen molar-refractivity contribution >= 4 is 10.0 Å². The lowest BCUT2D eigenvalue weighted by Crippen LogP contribution is -2.27. The van der Waals surface area contributed by atoms with Crippen molar-refractivity contribution in [2.75, 3.05) is 6.54 Å². The fourth-order valence-electron chi connectivity index (χ4n) is 2.28. The Labute approximate surface area is 133 Å². The van der Waals surface area contributed by atoms with Crippen LogP contribution in [0, 0.1) is 25.5 Å². The van der Waals surface area contributed by atoms with Gasteiger partial charge in [0.05, 0.1) is 6.10 Å². The summed E-state index contributed by atoms with van der Waals surface area (Å²) in [4.78, 5) is -1.02. The van der Waals surface area contributed by atoms with Gasteiger partial charge in [0.15, 0.2) is 4.90 Å². The molecular weight excluding hydrogens is 328 g/mol. The Morgan fingerprint density at radius 2 is 1.87 bits per heavy atom. The highest BCUT2D eigenvalue weighted by Crippen LogP contribution is 2.24. The first-order valence-corrected chi connectivity index (χ1v) is 8.39. The van der Waals surface area contributed by atoms with E-state index >= 15 is 0 Å². The molecule has 2 rings (SSSR count).